The summed E-state index contributed by atoms with van der Waals surface area (Å²) in [6, 6.07) is 0. The summed E-state index contributed by atoms with van der Waals surface area (Å²) in [7, 11) is 2.36. The molecule has 1 saturated heterocycles. The molecule has 12 heavy (non-hydrogen) atoms. The molecule has 0 bridgehead atoms. The van der Waals surface area contributed by atoms with E-state index in [2.05, 4.69) is 20.6 Å². The summed E-state index contributed by atoms with van der Waals surface area (Å²) in [5.74, 6) is 0. The van der Waals surface area contributed by atoms with Crippen LogP contribution >= 0.6 is 0 Å². The monoisotopic (exact) mass is 189 g/mol. The molecule has 2 heteroatoms. The van der Waals surface area contributed by atoms with Gasteiger partial charge in [-0.3, -0.25) is 0 Å². The summed E-state index contributed by atoms with van der Waals surface area (Å²) in [6.07, 6.45) is 4.25. The van der Waals surface area contributed by atoms with Crippen LogP contribution in [0, 0.1) is 0 Å². The lowest BCUT2D eigenvalue weighted by Gasteiger charge is -2.37. The smallest absolute Gasteiger partial charge is 0.0995 e. The summed E-state index contributed by atoms with van der Waals surface area (Å²) in [4.78, 5) is 0. The first kappa shape index (κ1) is 12.0. The van der Waals surface area contributed by atoms with Crippen LogP contribution in [-0.2, 0) is 0 Å². The Morgan fingerprint density at radius 1 is 1.25 bits per heavy atom. The van der Waals surface area contributed by atoms with E-state index in [1.54, 1.807) is 0 Å². The summed E-state index contributed by atoms with van der Waals surface area (Å²) in [6.45, 7) is 10.0. The average Bonchev–Trinajstić information content (AvgIpc) is 1.85. The van der Waals surface area contributed by atoms with Crippen molar-refractivity contribution in [1.29, 1.82) is 0 Å². The molecule has 0 saturated carbocycles. The van der Waals surface area contributed by atoms with Gasteiger partial charge in [-0.1, -0.05) is 6.58 Å². The number of rotatable bonds is 2. The maximum atomic E-state index is 3.98. The number of hydrogen-bond acceptors (Lipinski definition) is 0. The normalized spacial score (nSPS) is 21.2. The van der Waals surface area contributed by atoms with Crippen molar-refractivity contribution in [2.75, 3.05) is 26.7 Å². The molecule has 0 amide bonds. The lowest BCUT2D eigenvalue weighted by molar-refractivity contribution is -0.909. The van der Waals surface area contributed by atoms with Gasteiger partial charge in [-0.05, 0) is 31.8 Å². The van der Waals surface area contributed by atoms with Gasteiger partial charge < -0.3 is 16.9 Å². The fraction of sp³-hybridized carbons (Fsp3) is 0.800. The molecule has 1 aliphatic rings. The number of halogens is 1. The van der Waals surface area contributed by atoms with Gasteiger partial charge in [-0.15, -0.1) is 0 Å². The lowest BCUT2D eigenvalue weighted by Crippen LogP contribution is -3.00. The number of hydrogen-bond donors (Lipinski definition) is 0. The van der Waals surface area contributed by atoms with E-state index >= 15 is 0 Å². The molecular weight excluding hydrogens is 170 g/mol. The lowest BCUT2D eigenvalue weighted by atomic mass is 10.1. The second kappa shape index (κ2) is 4.88. The molecule has 0 aromatic carbocycles. The van der Waals surface area contributed by atoms with Crippen molar-refractivity contribution in [2.45, 2.75) is 26.2 Å². The quantitative estimate of drug-likeness (QED) is 0.394. The minimum Gasteiger partial charge on any atom is -1.00 e. The van der Waals surface area contributed by atoms with E-state index in [9.17, 15) is 0 Å². The van der Waals surface area contributed by atoms with Crippen molar-refractivity contribution in [2.24, 2.45) is 0 Å². The second-order valence-corrected chi connectivity index (χ2v) is 4.24. The van der Waals surface area contributed by atoms with E-state index in [1.807, 2.05) is 0 Å². The Morgan fingerprint density at radius 3 is 2.17 bits per heavy atom. The molecule has 0 spiro atoms. The van der Waals surface area contributed by atoms with E-state index < -0.39 is 0 Å². The minimum atomic E-state index is 0. The number of quaternary nitrogens is 1. The Kier molecular flexibility index (Phi) is 4.88. The predicted octanol–water partition coefficient (Wildman–Crippen LogP) is -0.803. The van der Waals surface area contributed by atoms with Gasteiger partial charge in [0.05, 0.1) is 26.7 Å². The molecule has 1 heterocycles. The van der Waals surface area contributed by atoms with Gasteiger partial charge >= 0.3 is 0 Å². The van der Waals surface area contributed by atoms with E-state index in [1.165, 1.54) is 49.0 Å². The molecule has 1 nitrogen and oxygen atoms in total. The van der Waals surface area contributed by atoms with Crippen molar-refractivity contribution in [3.05, 3.63) is 12.2 Å². The highest BCUT2D eigenvalue weighted by Gasteiger charge is 2.23. The third-order valence-corrected chi connectivity index (χ3v) is 2.55. The van der Waals surface area contributed by atoms with E-state index in [4.69, 9.17) is 0 Å². The molecule has 0 N–H and O–H groups in total. The maximum Gasteiger partial charge on any atom is 0.0995 e. The van der Waals surface area contributed by atoms with E-state index in [0.717, 1.165) is 0 Å². The molecule has 0 aromatic rings. The highest BCUT2D eigenvalue weighted by atomic mass is 35.5. The molecule has 0 aromatic heterocycles. The van der Waals surface area contributed by atoms with Crippen LogP contribution in [0.5, 0.6) is 0 Å². The first-order valence-corrected chi connectivity index (χ1v) is 4.60. The molecule has 1 fully saturated rings. The predicted molar refractivity (Wildman–Crippen MR) is 49.5 cm³/mol. The van der Waals surface area contributed by atoms with Crippen LogP contribution in [0.4, 0.5) is 0 Å². The highest BCUT2D eigenvalue weighted by Crippen LogP contribution is 2.17. The minimum absolute atomic E-state index is 0. The van der Waals surface area contributed by atoms with Gasteiger partial charge in [-0.25, -0.2) is 0 Å². The van der Waals surface area contributed by atoms with Crippen LogP contribution in [-0.4, -0.2) is 31.2 Å². The van der Waals surface area contributed by atoms with Gasteiger partial charge in [0.15, 0.2) is 0 Å². The van der Waals surface area contributed by atoms with Crippen molar-refractivity contribution in [3.63, 3.8) is 0 Å². The maximum absolute atomic E-state index is 3.98. The van der Waals surface area contributed by atoms with Crippen LogP contribution in [0.3, 0.4) is 0 Å². The first-order valence-electron chi connectivity index (χ1n) is 4.60. The molecular formula is C10H20ClN. The SMILES string of the molecule is C=C(C)C[N+]1(C)CCCCC1.[Cl-]. The largest absolute Gasteiger partial charge is 1.00 e. The summed E-state index contributed by atoms with van der Waals surface area (Å²) in [5.41, 5.74) is 1.33. The van der Waals surface area contributed by atoms with Gasteiger partial charge in [-0.2, -0.15) is 0 Å². The standard InChI is InChI=1S/C10H20N.ClH/c1-10(2)9-11(3)7-5-4-6-8-11;/h1,4-9H2,2-3H3;1H/q+1;/p-1. The van der Waals surface area contributed by atoms with Gasteiger partial charge in [0.2, 0.25) is 0 Å². The zero-order chi connectivity index (χ0) is 8.32. The van der Waals surface area contributed by atoms with Crippen LogP contribution < -0.4 is 12.4 Å². The van der Waals surface area contributed by atoms with Crippen molar-refractivity contribution in [1.82, 2.24) is 0 Å². The number of likely N-dealkylation sites (N-methyl/N-ethyl adjacent to an activating group) is 1. The Labute approximate surface area is 82.5 Å². The second-order valence-electron chi connectivity index (χ2n) is 4.24. The number of nitrogens with zero attached hydrogens (tertiary/aromatic N) is 1. The highest BCUT2D eigenvalue weighted by molar-refractivity contribution is 4.88. The van der Waals surface area contributed by atoms with Crippen molar-refractivity contribution in [3.8, 4) is 0 Å². The number of likely N-dealkylation sites (tertiary alicyclic amines) is 1. The molecule has 1 aliphatic heterocycles. The van der Waals surface area contributed by atoms with Crippen molar-refractivity contribution >= 4 is 0 Å². The van der Waals surface area contributed by atoms with Gasteiger partial charge in [0, 0.05) is 0 Å². The third-order valence-electron chi connectivity index (χ3n) is 2.55. The fourth-order valence-corrected chi connectivity index (χ4v) is 2.09. The molecule has 0 radical (unpaired) electrons. The van der Waals surface area contributed by atoms with E-state index in [-0.39, 0.29) is 12.4 Å². The third kappa shape index (κ3) is 3.59. The molecule has 1 rings (SSSR count). The zero-order valence-corrected chi connectivity index (χ0v) is 9.03. The Balaban J connectivity index is 0.00000121. The summed E-state index contributed by atoms with van der Waals surface area (Å²) < 4.78 is 1.23. The first-order chi connectivity index (χ1) is 5.12. The Bertz CT molecular complexity index is 148. The molecule has 0 atom stereocenters. The topological polar surface area (TPSA) is 0 Å². The van der Waals surface area contributed by atoms with Gasteiger partial charge in [0.1, 0.15) is 0 Å². The van der Waals surface area contributed by atoms with E-state index in [0.29, 0.717) is 0 Å². The Morgan fingerprint density at radius 2 is 1.75 bits per heavy atom. The summed E-state index contributed by atoms with van der Waals surface area (Å²) >= 11 is 0. The van der Waals surface area contributed by atoms with Crippen LogP contribution in [0.25, 0.3) is 0 Å². The van der Waals surface area contributed by atoms with Crippen LogP contribution in [0.2, 0.25) is 0 Å². The van der Waals surface area contributed by atoms with Gasteiger partial charge in [0.25, 0.3) is 0 Å². The fourth-order valence-electron chi connectivity index (χ4n) is 2.09. The Hall–Kier alpha value is -0.0100. The molecule has 0 aliphatic carbocycles. The molecule has 72 valence electrons. The number of piperidine rings is 1. The zero-order valence-electron chi connectivity index (χ0n) is 8.27. The van der Waals surface area contributed by atoms with Crippen molar-refractivity contribution < 1.29 is 16.9 Å². The molecule has 0 unspecified atom stereocenters. The van der Waals surface area contributed by atoms with Crippen LogP contribution in [0.15, 0.2) is 12.2 Å². The van der Waals surface area contributed by atoms with Crippen LogP contribution in [0.1, 0.15) is 26.2 Å². The summed E-state index contributed by atoms with van der Waals surface area (Å²) in [5, 5.41) is 0. The average molecular weight is 190 g/mol.